The van der Waals surface area contributed by atoms with Gasteiger partial charge in [0.1, 0.15) is 0 Å². The van der Waals surface area contributed by atoms with Crippen molar-refractivity contribution in [2.24, 2.45) is 5.92 Å². The Bertz CT molecular complexity index is 502. The average Bonchev–Trinajstić information content (AvgIpc) is 2.94. The molecule has 2 saturated heterocycles. The van der Waals surface area contributed by atoms with Crippen LogP contribution in [0.3, 0.4) is 0 Å². The normalized spacial score (nSPS) is 30.5. The molecular weight excluding hydrogens is 291 g/mol. The van der Waals surface area contributed by atoms with Crippen LogP contribution in [0.15, 0.2) is 18.2 Å². The van der Waals surface area contributed by atoms with E-state index in [1.165, 1.54) is 13.2 Å². The molecule has 3 unspecified atom stereocenters. The summed E-state index contributed by atoms with van der Waals surface area (Å²) in [6.45, 7) is 0.681. The summed E-state index contributed by atoms with van der Waals surface area (Å²) >= 11 is 1.91. The van der Waals surface area contributed by atoms with Crippen LogP contribution in [0.5, 0.6) is 5.75 Å². The van der Waals surface area contributed by atoms with Crippen molar-refractivity contribution in [3.63, 3.8) is 0 Å². The van der Waals surface area contributed by atoms with Crippen LogP contribution in [0.25, 0.3) is 0 Å². The van der Waals surface area contributed by atoms with Gasteiger partial charge >= 0.3 is 0 Å². The first-order valence-corrected chi connectivity index (χ1v) is 8.52. The number of ether oxygens (including phenoxy) is 2. The Balaban J connectivity index is 1.75. The quantitative estimate of drug-likeness (QED) is 0.930. The lowest BCUT2D eigenvalue weighted by Crippen LogP contribution is -2.41. The van der Waals surface area contributed by atoms with E-state index in [-0.39, 0.29) is 17.3 Å². The first-order valence-electron chi connectivity index (χ1n) is 7.37. The van der Waals surface area contributed by atoms with Gasteiger partial charge in [-0.3, -0.25) is 0 Å². The van der Waals surface area contributed by atoms with Crippen LogP contribution >= 0.6 is 11.8 Å². The van der Waals surface area contributed by atoms with E-state index in [4.69, 9.17) is 9.47 Å². The zero-order valence-corrected chi connectivity index (χ0v) is 13.0. The summed E-state index contributed by atoms with van der Waals surface area (Å²) in [5.74, 6) is 2.05. The number of aliphatic hydroxyl groups is 1. The van der Waals surface area contributed by atoms with E-state index in [0.717, 1.165) is 30.8 Å². The second kappa shape index (κ2) is 6.15. The summed E-state index contributed by atoms with van der Waals surface area (Å²) in [6, 6.07) is 4.71. The molecular formula is C16H21FO3S. The monoisotopic (exact) mass is 312 g/mol. The molecule has 1 aromatic rings. The van der Waals surface area contributed by atoms with Crippen molar-refractivity contribution in [1.82, 2.24) is 0 Å². The van der Waals surface area contributed by atoms with Gasteiger partial charge in [0.05, 0.1) is 18.8 Å². The fourth-order valence-corrected chi connectivity index (χ4v) is 4.72. The summed E-state index contributed by atoms with van der Waals surface area (Å²) in [5, 5.41) is 10.6. The number of hydrogen-bond acceptors (Lipinski definition) is 4. The second-order valence-electron chi connectivity index (χ2n) is 5.93. The lowest BCUT2D eigenvalue weighted by Gasteiger charge is -2.39. The summed E-state index contributed by atoms with van der Waals surface area (Å²) in [6.07, 6.45) is 2.09. The Hall–Kier alpha value is -0.780. The van der Waals surface area contributed by atoms with Gasteiger partial charge in [0, 0.05) is 12.4 Å². The van der Waals surface area contributed by atoms with Crippen molar-refractivity contribution in [3.8, 4) is 5.75 Å². The number of thioether (sulfide) groups is 1. The fraction of sp³-hybridized carbons (Fsp3) is 0.625. The first-order chi connectivity index (χ1) is 10.1. The maximum atomic E-state index is 13.8. The van der Waals surface area contributed by atoms with Crippen molar-refractivity contribution in [1.29, 1.82) is 0 Å². The molecule has 3 nitrogen and oxygen atoms in total. The third-order valence-corrected chi connectivity index (χ3v) is 5.79. The van der Waals surface area contributed by atoms with Gasteiger partial charge in [-0.25, -0.2) is 4.39 Å². The molecule has 0 aromatic heterocycles. The minimum atomic E-state index is -0.642. The highest BCUT2D eigenvalue weighted by Crippen LogP contribution is 2.44. The van der Waals surface area contributed by atoms with E-state index < -0.39 is 11.9 Å². The molecule has 2 fully saturated rings. The molecule has 2 aliphatic heterocycles. The fourth-order valence-electron chi connectivity index (χ4n) is 3.34. The van der Waals surface area contributed by atoms with E-state index >= 15 is 0 Å². The molecule has 0 aliphatic carbocycles. The van der Waals surface area contributed by atoms with Crippen LogP contribution in [0.1, 0.15) is 30.9 Å². The molecule has 116 valence electrons. The third-order valence-electron chi connectivity index (χ3n) is 4.56. The van der Waals surface area contributed by atoms with Gasteiger partial charge in [0.2, 0.25) is 0 Å². The minimum absolute atomic E-state index is 0.0699. The zero-order chi connectivity index (χ0) is 14.9. The molecule has 0 amide bonds. The molecule has 1 aromatic carbocycles. The smallest absolute Gasteiger partial charge is 0.165 e. The van der Waals surface area contributed by atoms with Gasteiger partial charge in [-0.05, 0) is 48.6 Å². The molecule has 2 aliphatic rings. The summed E-state index contributed by atoms with van der Waals surface area (Å²) in [7, 11) is 1.44. The van der Waals surface area contributed by atoms with Crippen molar-refractivity contribution in [2.45, 2.75) is 31.0 Å². The Labute approximate surface area is 128 Å². The number of methoxy groups -OCH3 is 1. The van der Waals surface area contributed by atoms with Gasteiger partial charge in [0.25, 0.3) is 0 Å². The van der Waals surface area contributed by atoms with Crippen molar-refractivity contribution in [3.05, 3.63) is 29.6 Å². The lowest BCUT2D eigenvalue weighted by molar-refractivity contribution is -0.102. The van der Waals surface area contributed by atoms with Crippen LogP contribution in [0, 0.1) is 11.7 Å². The number of halogens is 1. The maximum Gasteiger partial charge on any atom is 0.165 e. The SMILES string of the molecule is COc1ccc(C(O)C2CCOC3(CCSC3)C2)cc1F. The molecule has 2 heterocycles. The molecule has 1 N–H and O–H groups in total. The van der Waals surface area contributed by atoms with E-state index in [9.17, 15) is 9.50 Å². The molecule has 0 bridgehead atoms. The van der Waals surface area contributed by atoms with E-state index in [1.807, 2.05) is 11.8 Å². The first kappa shape index (κ1) is 15.1. The number of aliphatic hydroxyl groups excluding tert-OH is 1. The van der Waals surface area contributed by atoms with Crippen molar-refractivity contribution >= 4 is 11.8 Å². The number of benzene rings is 1. The molecule has 0 radical (unpaired) electrons. The number of rotatable bonds is 3. The molecule has 5 heteroatoms. The number of hydrogen-bond donors (Lipinski definition) is 1. The summed E-state index contributed by atoms with van der Waals surface area (Å²) < 4.78 is 24.7. The zero-order valence-electron chi connectivity index (χ0n) is 12.2. The van der Waals surface area contributed by atoms with Gasteiger partial charge in [-0.15, -0.1) is 0 Å². The van der Waals surface area contributed by atoms with Gasteiger partial charge in [0.15, 0.2) is 11.6 Å². The Morgan fingerprint density at radius 1 is 1.52 bits per heavy atom. The van der Waals surface area contributed by atoms with Crippen LogP contribution in [-0.2, 0) is 4.74 Å². The van der Waals surface area contributed by atoms with Gasteiger partial charge in [-0.2, -0.15) is 11.8 Å². The van der Waals surface area contributed by atoms with E-state index in [2.05, 4.69) is 0 Å². The minimum Gasteiger partial charge on any atom is -0.494 e. The highest BCUT2D eigenvalue weighted by Gasteiger charge is 2.42. The Kier molecular flexibility index (Phi) is 4.43. The van der Waals surface area contributed by atoms with Crippen LogP contribution in [0.4, 0.5) is 4.39 Å². The van der Waals surface area contributed by atoms with Crippen LogP contribution in [-0.4, -0.2) is 35.9 Å². The Morgan fingerprint density at radius 2 is 2.38 bits per heavy atom. The highest BCUT2D eigenvalue weighted by molar-refractivity contribution is 7.99. The summed E-state index contributed by atoms with van der Waals surface area (Å²) in [4.78, 5) is 0. The molecule has 3 rings (SSSR count). The predicted molar refractivity (Wildman–Crippen MR) is 81.3 cm³/mol. The topological polar surface area (TPSA) is 38.7 Å². The van der Waals surface area contributed by atoms with Gasteiger partial charge in [-0.1, -0.05) is 6.07 Å². The lowest BCUT2D eigenvalue weighted by atomic mass is 9.80. The molecule has 0 saturated carbocycles. The van der Waals surface area contributed by atoms with Crippen molar-refractivity contribution in [2.75, 3.05) is 25.2 Å². The molecule has 21 heavy (non-hydrogen) atoms. The van der Waals surface area contributed by atoms with E-state index in [0.29, 0.717) is 12.2 Å². The molecule has 1 spiro atoms. The molecule has 3 atom stereocenters. The highest BCUT2D eigenvalue weighted by atomic mass is 32.2. The van der Waals surface area contributed by atoms with Gasteiger partial charge < -0.3 is 14.6 Å². The average molecular weight is 312 g/mol. The summed E-state index contributed by atoms with van der Waals surface area (Å²) in [5.41, 5.74) is 0.556. The van der Waals surface area contributed by atoms with Crippen LogP contribution in [0.2, 0.25) is 0 Å². The maximum absolute atomic E-state index is 13.8. The van der Waals surface area contributed by atoms with Crippen LogP contribution < -0.4 is 4.74 Å². The standard InChI is InChI=1S/C16H21FO3S/c1-19-14-3-2-11(8-13(14)17)15(18)12-4-6-20-16(9-12)5-7-21-10-16/h2-3,8,12,15,18H,4-7,9-10H2,1H3. The van der Waals surface area contributed by atoms with E-state index in [1.54, 1.807) is 12.1 Å². The van der Waals surface area contributed by atoms with Crippen molar-refractivity contribution < 1.29 is 19.0 Å². The third kappa shape index (κ3) is 3.05. The second-order valence-corrected chi connectivity index (χ2v) is 7.03. The Morgan fingerprint density at radius 3 is 3.05 bits per heavy atom. The predicted octanol–water partition coefficient (Wildman–Crippen LogP) is 3.17. The largest absolute Gasteiger partial charge is 0.494 e.